The van der Waals surface area contributed by atoms with Gasteiger partial charge in [-0.1, -0.05) is 6.08 Å². The van der Waals surface area contributed by atoms with Gasteiger partial charge in [0, 0.05) is 5.69 Å². The molecule has 88 valence electrons. The molecule has 0 unspecified atom stereocenters. The summed E-state index contributed by atoms with van der Waals surface area (Å²) in [5.74, 6) is 5.90. The summed E-state index contributed by atoms with van der Waals surface area (Å²) in [7, 11) is 0. The summed E-state index contributed by atoms with van der Waals surface area (Å²) in [5, 5.41) is 15.4. The van der Waals surface area contributed by atoms with Gasteiger partial charge in [-0.2, -0.15) is 5.10 Å². The second kappa shape index (κ2) is 5.13. The smallest absolute Gasteiger partial charge is 0.153 e. The first-order chi connectivity index (χ1) is 8.33. The lowest BCUT2D eigenvalue weighted by Crippen LogP contribution is -2.25. The molecule has 6 nitrogen and oxygen atoms in total. The third kappa shape index (κ3) is 2.61. The molecule has 1 heterocycles. The normalized spacial score (nSPS) is 16.8. The molecule has 0 radical (unpaired) electrons. The summed E-state index contributed by atoms with van der Waals surface area (Å²) < 4.78 is 0. The Labute approximate surface area is 98.5 Å². The summed E-state index contributed by atoms with van der Waals surface area (Å²) >= 11 is 0. The highest BCUT2D eigenvalue weighted by Crippen LogP contribution is 2.13. The van der Waals surface area contributed by atoms with Gasteiger partial charge in [-0.25, -0.2) is 0 Å². The molecule has 2 rings (SSSR count). The molecule has 1 aromatic carbocycles. The van der Waals surface area contributed by atoms with Crippen molar-refractivity contribution in [2.24, 2.45) is 15.9 Å². The molecule has 0 saturated carbocycles. The number of nitrogens with one attached hydrogen (secondary N) is 2. The van der Waals surface area contributed by atoms with E-state index in [1.165, 1.54) is 0 Å². The molecule has 5 N–H and O–H groups in total. The first kappa shape index (κ1) is 11.2. The fourth-order valence-corrected chi connectivity index (χ4v) is 1.44. The highest BCUT2D eigenvalue weighted by Gasteiger charge is 2.09. The fraction of sp³-hybridized carbons (Fsp3) is 0.0909. The Kier molecular flexibility index (Phi) is 3.37. The van der Waals surface area contributed by atoms with Crippen molar-refractivity contribution in [3.63, 3.8) is 0 Å². The van der Waals surface area contributed by atoms with Gasteiger partial charge in [0.15, 0.2) is 5.84 Å². The van der Waals surface area contributed by atoms with Gasteiger partial charge >= 0.3 is 0 Å². The number of dihydropyridines is 1. The van der Waals surface area contributed by atoms with E-state index in [1.807, 2.05) is 24.3 Å². The van der Waals surface area contributed by atoms with E-state index < -0.39 is 0 Å². The van der Waals surface area contributed by atoms with E-state index in [2.05, 4.69) is 20.9 Å². The molecule has 6 heteroatoms. The molecule has 0 aliphatic carbocycles. The van der Waals surface area contributed by atoms with Crippen molar-refractivity contribution in [3.05, 3.63) is 36.4 Å². The Morgan fingerprint density at radius 2 is 1.94 bits per heavy atom. The van der Waals surface area contributed by atoms with Crippen molar-refractivity contribution < 1.29 is 5.21 Å². The van der Waals surface area contributed by atoms with Crippen LogP contribution < -0.4 is 16.6 Å². The number of hydrazone groups is 1. The summed E-state index contributed by atoms with van der Waals surface area (Å²) in [6.45, 7) is 0.609. The number of hydrogen-bond donors (Lipinski definition) is 4. The fourth-order valence-electron chi connectivity index (χ4n) is 1.44. The molecule has 0 atom stereocenters. The number of anilines is 2. The molecular weight excluding hydrogens is 218 g/mol. The van der Waals surface area contributed by atoms with Crippen molar-refractivity contribution in [2.75, 3.05) is 17.3 Å². The molecule has 0 aromatic heterocycles. The minimum atomic E-state index is 0.609. The first-order valence-corrected chi connectivity index (χ1v) is 5.10. The Bertz CT molecular complexity index is 475. The van der Waals surface area contributed by atoms with Gasteiger partial charge in [-0.3, -0.25) is 15.7 Å². The minimum Gasteiger partial charge on any atom is -0.339 e. The van der Waals surface area contributed by atoms with Crippen molar-refractivity contribution in [1.82, 2.24) is 0 Å². The Morgan fingerprint density at radius 1 is 1.24 bits per heavy atom. The number of rotatable bonds is 2. The molecule has 1 aromatic rings. The van der Waals surface area contributed by atoms with E-state index in [4.69, 9.17) is 11.0 Å². The monoisotopic (exact) mass is 231 g/mol. The van der Waals surface area contributed by atoms with E-state index in [0.29, 0.717) is 23.8 Å². The number of hydrogen-bond acceptors (Lipinski definition) is 6. The lowest BCUT2D eigenvalue weighted by molar-refractivity contribution is 0.389. The first-order valence-electron chi connectivity index (χ1n) is 5.10. The number of aliphatic imine (C=N–C) groups is 1. The van der Waals surface area contributed by atoms with Crippen LogP contribution in [0.15, 0.2) is 46.5 Å². The van der Waals surface area contributed by atoms with Crippen molar-refractivity contribution >= 4 is 22.9 Å². The quantitative estimate of drug-likeness (QED) is 0.454. The Hall–Kier alpha value is -2.34. The van der Waals surface area contributed by atoms with Crippen LogP contribution in [0.5, 0.6) is 0 Å². The van der Waals surface area contributed by atoms with Crippen LogP contribution in [0.1, 0.15) is 0 Å². The third-order valence-corrected chi connectivity index (χ3v) is 2.29. The second-order valence-corrected chi connectivity index (χ2v) is 3.42. The van der Waals surface area contributed by atoms with Gasteiger partial charge in [0.2, 0.25) is 0 Å². The molecule has 1 aliphatic heterocycles. The summed E-state index contributed by atoms with van der Waals surface area (Å²) in [6, 6.07) is 7.10. The van der Waals surface area contributed by atoms with Crippen LogP contribution >= 0.6 is 0 Å². The Balaban J connectivity index is 2.12. The van der Waals surface area contributed by atoms with Crippen molar-refractivity contribution in [3.8, 4) is 0 Å². The summed E-state index contributed by atoms with van der Waals surface area (Å²) in [6.07, 6.45) is 3.70. The van der Waals surface area contributed by atoms with Crippen LogP contribution in [0.4, 0.5) is 11.4 Å². The number of nitrogens with zero attached hydrogens (tertiary/aromatic N) is 2. The average molecular weight is 231 g/mol. The van der Waals surface area contributed by atoms with Gasteiger partial charge in [0.05, 0.1) is 12.2 Å². The van der Waals surface area contributed by atoms with Gasteiger partial charge in [0.25, 0.3) is 0 Å². The molecule has 0 spiro atoms. The number of amidine groups is 1. The topological polar surface area (TPSA) is 95.0 Å². The predicted molar refractivity (Wildman–Crippen MR) is 68.5 cm³/mol. The van der Waals surface area contributed by atoms with Gasteiger partial charge < -0.3 is 11.2 Å². The zero-order valence-corrected chi connectivity index (χ0v) is 9.09. The van der Waals surface area contributed by atoms with Crippen LogP contribution in [0.2, 0.25) is 0 Å². The molecule has 0 amide bonds. The molecule has 0 fully saturated rings. The van der Waals surface area contributed by atoms with Crippen molar-refractivity contribution in [2.45, 2.75) is 0 Å². The zero-order valence-electron chi connectivity index (χ0n) is 9.09. The average Bonchev–Trinajstić information content (AvgIpc) is 2.40. The van der Waals surface area contributed by atoms with E-state index in [0.717, 1.165) is 5.69 Å². The minimum absolute atomic E-state index is 0.609. The summed E-state index contributed by atoms with van der Waals surface area (Å²) in [5.41, 5.74) is 4.14. The van der Waals surface area contributed by atoms with Gasteiger partial charge in [-0.15, -0.1) is 0 Å². The van der Waals surface area contributed by atoms with Gasteiger partial charge in [0.1, 0.15) is 5.71 Å². The Morgan fingerprint density at radius 3 is 2.59 bits per heavy atom. The third-order valence-electron chi connectivity index (χ3n) is 2.29. The van der Waals surface area contributed by atoms with Crippen LogP contribution in [0.3, 0.4) is 0 Å². The lowest BCUT2D eigenvalue weighted by atomic mass is 10.2. The van der Waals surface area contributed by atoms with E-state index in [1.54, 1.807) is 12.1 Å². The van der Waals surface area contributed by atoms with E-state index in [-0.39, 0.29) is 0 Å². The number of benzene rings is 1. The van der Waals surface area contributed by atoms with Crippen LogP contribution in [0, 0.1) is 0 Å². The second-order valence-electron chi connectivity index (χ2n) is 3.42. The maximum Gasteiger partial charge on any atom is 0.153 e. The zero-order chi connectivity index (χ0) is 12.1. The lowest BCUT2D eigenvalue weighted by Gasteiger charge is -2.12. The summed E-state index contributed by atoms with van der Waals surface area (Å²) in [4.78, 5) is 4.26. The van der Waals surface area contributed by atoms with Crippen LogP contribution in [0.25, 0.3) is 0 Å². The molecule has 17 heavy (non-hydrogen) atoms. The van der Waals surface area contributed by atoms with Crippen molar-refractivity contribution in [1.29, 1.82) is 0 Å². The highest BCUT2D eigenvalue weighted by molar-refractivity contribution is 6.49. The van der Waals surface area contributed by atoms with Gasteiger partial charge in [-0.05, 0) is 30.3 Å². The predicted octanol–water partition coefficient (Wildman–Crippen LogP) is 1.18. The van der Waals surface area contributed by atoms with E-state index in [9.17, 15) is 0 Å². The largest absolute Gasteiger partial charge is 0.339 e. The molecular formula is C11H13N5O. The van der Waals surface area contributed by atoms with E-state index >= 15 is 0 Å². The van der Waals surface area contributed by atoms with Crippen LogP contribution in [-0.2, 0) is 0 Å². The molecule has 0 bridgehead atoms. The highest BCUT2D eigenvalue weighted by atomic mass is 16.5. The SMILES string of the molecule is NN=C1C=CCN=C1Nc1ccc(NO)cc1. The maximum atomic E-state index is 8.69. The molecule has 0 saturated heterocycles. The maximum absolute atomic E-state index is 8.69. The van der Waals surface area contributed by atoms with Crippen LogP contribution in [-0.4, -0.2) is 23.3 Å². The number of nitrogens with two attached hydrogens (primary N) is 1. The molecule has 1 aliphatic rings. The standard InChI is InChI=1S/C11H13N5O/c12-15-10-2-1-7-13-11(10)14-8-3-5-9(16-17)6-4-8/h1-6,16-17H,7,12H2,(H,13,14).